The molecule has 0 radical (unpaired) electrons. The Morgan fingerprint density at radius 3 is 2.37 bits per heavy atom. The van der Waals surface area contributed by atoms with Gasteiger partial charge in [0.2, 0.25) is 15.9 Å². The fourth-order valence-corrected chi connectivity index (χ4v) is 2.25. The minimum atomic E-state index is -3.39. The molecule has 0 atom stereocenters. The van der Waals surface area contributed by atoms with Crippen LogP contribution in [-0.4, -0.2) is 20.1 Å². The Morgan fingerprint density at radius 1 is 1.16 bits per heavy atom. The van der Waals surface area contributed by atoms with E-state index in [0.717, 1.165) is 0 Å². The molecule has 1 rings (SSSR count). The molecule has 3 N–H and O–H groups in total. The highest BCUT2D eigenvalue weighted by Gasteiger charge is 2.04. The Kier molecular flexibility index (Phi) is 6.27. The maximum absolute atomic E-state index is 11.6. The summed E-state index contributed by atoms with van der Waals surface area (Å²) in [6.07, 6.45) is 2.12. The molecule has 0 saturated heterocycles. The number of carbonyl (C=O) groups is 1. The summed E-state index contributed by atoms with van der Waals surface area (Å²) in [5.41, 5.74) is 0.693. The lowest BCUT2D eigenvalue weighted by Gasteiger charge is -2.05. The summed E-state index contributed by atoms with van der Waals surface area (Å²) in [5, 5.41) is 8.22. The number of amides is 1. The van der Waals surface area contributed by atoms with Crippen molar-refractivity contribution in [2.75, 3.05) is 11.1 Å². The number of sulfonamides is 1. The van der Waals surface area contributed by atoms with Crippen molar-refractivity contribution in [3.63, 3.8) is 0 Å². The molecular formula is C12H17ClN2O3S. The Bertz CT molecular complexity index is 514. The molecule has 0 aliphatic carbocycles. The monoisotopic (exact) mass is 304 g/mol. The molecule has 0 spiro atoms. The van der Waals surface area contributed by atoms with E-state index in [0.29, 0.717) is 36.4 Å². The second-order valence-corrected chi connectivity index (χ2v) is 6.40. The fourth-order valence-electron chi connectivity index (χ4n) is 1.52. The Hall–Kier alpha value is -1.11. The molecule has 0 aliphatic heterocycles. The number of halogens is 1. The quantitative estimate of drug-likeness (QED) is 0.756. The number of anilines is 1. The van der Waals surface area contributed by atoms with Gasteiger partial charge >= 0.3 is 0 Å². The lowest BCUT2D eigenvalue weighted by atomic mass is 10.2. The summed E-state index contributed by atoms with van der Waals surface area (Å²) in [5.74, 6) is -0.135. The zero-order valence-corrected chi connectivity index (χ0v) is 12.0. The zero-order chi connectivity index (χ0) is 14.3. The van der Waals surface area contributed by atoms with Crippen LogP contribution >= 0.6 is 11.6 Å². The van der Waals surface area contributed by atoms with Crippen LogP contribution in [0.25, 0.3) is 0 Å². The van der Waals surface area contributed by atoms with Crippen molar-refractivity contribution in [3.8, 4) is 0 Å². The number of rotatable bonds is 7. The van der Waals surface area contributed by atoms with Gasteiger partial charge in [0.15, 0.2) is 0 Å². The molecule has 0 fully saturated rings. The van der Waals surface area contributed by atoms with Crippen molar-refractivity contribution >= 4 is 33.2 Å². The van der Waals surface area contributed by atoms with Gasteiger partial charge in [-0.2, -0.15) is 0 Å². The Morgan fingerprint density at radius 2 is 1.79 bits per heavy atom. The summed E-state index contributed by atoms with van der Waals surface area (Å²) >= 11 is 5.73. The molecule has 0 unspecified atom stereocenters. The third-order valence-corrected chi connectivity index (χ3v) is 3.57. The maximum atomic E-state index is 11.6. The number of hydrogen-bond donors (Lipinski definition) is 2. The van der Waals surface area contributed by atoms with Crippen LogP contribution in [0.3, 0.4) is 0 Å². The molecule has 1 aromatic carbocycles. The van der Waals surface area contributed by atoms with Crippen molar-refractivity contribution in [2.45, 2.75) is 25.7 Å². The molecular weight excluding hydrogens is 288 g/mol. The molecule has 1 aromatic rings. The molecule has 19 heavy (non-hydrogen) atoms. The topological polar surface area (TPSA) is 89.3 Å². The average Bonchev–Trinajstić information content (AvgIpc) is 2.30. The van der Waals surface area contributed by atoms with E-state index in [2.05, 4.69) is 5.32 Å². The first-order valence-electron chi connectivity index (χ1n) is 5.93. The molecule has 0 aliphatic rings. The lowest BCUT2D eigenvalue weighted by molar-refractivity contribution is -0.116. The summed E-state index contributed by atoms with van der Waals surface area (Å²) in [4.78, 5) is 11.6. The van der Waals surface area contributed by atoms with Crippen LogP contribution in [0.1, 0.15) is 25.7 Å². The number of primary sulfonamides is 1. The van der Waals surface area contributed by atoms with Gasteiger partial charge in [-0.15, -0.1) is 0 Å². The molecule has 0 bridgehead atoms. The van der Waals surface area contributed by atoms with E-state index in [4.69, 9.17) is 16.7 Å². The van der Waals surface area contributed by atoms with Crippen LogP contribution < -0.4 is 10.5 Å². The van der Waals surface area contributed by atoms with Crippen molar-refractivity contribution in [3.05, 3.63) is 29.3 Å². The number of carbonyl (C=O) groups excluding carboxylic acids is 1. The third kappa shape index (κ3) is 7.81. The van der Waals surface area contributed by atoms with Gasteiger partial charge in [-0.3, -0.25) is 4.79 Å². The first kappa shape index (κ1) is 15.9. The summed E-state index contributed by atoms with van der Waals surface area (Å²) < 4.78 is 21.4. The van der Waals surface area contributed by atoms with E-state index in [1.807, 2.05) is 0 Å². The molecule has 7 heteroatoms. The van der Waals surface area contributed by atoms with E-state index in [9.17, 15) is 13.2 Å². The van der Waals surface area contributed by atoms with E-state index >= 15 is 0 Å². The number of nitrogens with one attached hydrogen (secondary N) is 1. The second kappa shape index (κ2) is 7.47. The third-order valence-electron chi connectivity index (χ3n) is 2.46. The van der Waals surface area contributed by atoms with Crippen molar-refractivity contribution < 1.29 is 13.2 Å². The van der Waals surface area contributed by atoms with Crippen LogP contribution in [0.15, 0.2) is 24.3 Å². The minimum absolute atomic E-state index is 0.0359. The van der Waals surface area contributed by atoms with Gasteiger partial charge in [-0.25, -0.2) is 13.6 Å². The van der Waals surface area contributed by atoms with Gasteiger partial charge in [-0.1, -0.05) is 18.0 Å². The van der Waals surface area contributed by atoms with Gasteiger partial charge in [0.25, 0.3) is 0 Å². The number of unbranched alkanes of at least 4 members (excludes halogenated alkanes) is 2. The summed E-state index contributed by atoms with van der Waals surface area (Å²) in [6.45, 7) is 0. The first-order chi connectivity index (χ1) is 8.87. The Labute approximate surface area is 118 Å². The average molecular weight is 305 g/mol. The number of nitrogens with two attached hydrogens (primary N) is 1. The van der Waals surface area contributed by atoms with Crippen LogP contribution in [0.2, 0.25) is 5.02 Å². The fraction of sp³-hybridized carbons (Fsp3) is 0.417. The van der Waals surface area contributed by atoms with Crippen molar-refractivity contribution in [2.24, 2.45) is 5.14 Å². The zero-order valence-electron chi connectivity index (χ0n) is 10.4. The normalized spacial score (nSPS) is 11.3. The van der Waals surface area contributed by atoms with Crippen LogP contribution in [0, 0.1) is 0 Å². The van der Waals surface area contributed by atoms with Gasteiger partial charge in [-0.05, 0) is 37.1 Å². The molecule has 106 valence electrons. The number of hydrogen-bond acceptors (Lipinski definition) is 3. The molecule has 0 saturated carbocycles. The van der Waals surface area contributed by atoms with Gasteiger partial charge < -0.3 is 5.32 Å². The number of benzene rings is 1. The molecule has 0 aromatic heterocycles. The van der Waals surface area contributed by atoms with Gasteiger partial charge in [0.05, 0.1) is 5.75 Å². The van der Waals surface area contributed by atoms with E-state index in [1.165, 1.54) is 0 Å². The SMILES string of the molecule is NS(=O)(=O)CCCCCC(=O)Nc1ccc(Cl)cc1. The summed E-state index contributed by atoms with van der Waals surface area (Å²) in [7, 11) is -3.39. The van der Waals surface area contributed by atoms with Gasteiger partial charge in [0.1, 0.15) is 0 Å². The van der Waals surface area contributed by atoms with E-state index in [1.54, 1.807) is 24.3 Å². The molecule has 1 amide bonds. The second-order valence-electron chi connectivity index (χ2n) is 4.23. The first-order valence-corrected chi connectivity index (χ1v) is 8.02. The van der Waals surface area contributed by atoms with Crippen LogP contribution in [0.5, 0.6) is 0 Å². The van der Waals surface area contributed by atoms with Crippen molar-refractivity contribution in [1.82, 2.24) is 0 Å². The van der Waals surface area contributed by atoms with E-state index < -0.39 is 10.0 Å². The highest BCUT2D eigenvalue weighted by atomic mass is 35.5. The standard InChI is InChI=1S/C12H17ClN2O3S/c13-10-5-7-11(8-6-10)15-12(16)4-2-1-3-9-19(14,17)18/h5-8H,1-4,9H2,(H,15,16)(H2,14,17,18). The van der Waals surface area contributed by atoms with Crippen LogP contribution in [0.4, 0.5) is 5.69 Å². The van der Waals surface area contributed by atoms with Crippen molar-refractivity contribution in [1.29, 1.82) is 0 Å². The minimum Gasteiger partial charge on any atom is -0.326 e. The summed E-state index contributed by atoms with van der Waals surface area (Å²) in [6, 6.07) is 6.84. The Balaban J connectivity index is 2.20. The highest BCUT2D eigenvalue weighted by Crippen LogP contribution is 2.14. The smallest absolute Gasteiger partial charge is 0.224 e. The van der Waals surface area contributed by atoms with E-state index in [-0.39, 0.29) is 11.7 Å². The van der Waals surface area contributed by atoms with Gasteiger partial charge in [0, 0.05) is 17.1 Å². The predicted molar refractivity (Wildman–Crippen MR) is 76.5 cm³/mol. The predicted octanol–water partition coefficient (Wildman–Crippen LogP) is 2.13. The maximum Gasteiger partial charge on any atom is 0.224 e. The molecule has 0 heterocycles. The van der Waals surface area contributed by atoms with Crippen LogP contribution in [-0.2, 0) is 14.8 Å². The molecule has 5 nitrogen and oxygen atoms in total. The highest BCUT2D eigenvalue weighted by molar-refractivity contribution is 7.89. The largest absolute Gasteiger partial charge is 0.326 e. The lowest BCUT2D eigenvalue weighted by Crippen LogP contribution is -2.16.